The molecular weight excluding hydrogens is 258 g/mol. The first kappa shape index (κ1) is 14.5. The van der Waals surface area contributed by atoms with Gasteiger partial charge in [0.25, 0.3) is 0 Å². The minimum atomic E-state index is -0.133. The van der Waals surface area contributed by atoms with Crippen LogP contribution in [0.1, 0.15) is 6.42 Å². The number of morpholine rings is 1. The Labute approximate surface area is 118 Å². The standard InChI is InChI=1S/C13H19N5O2/c14-2-1-4-17(13(19)18-5-3-15-12-18)7-6-16-8-10-20-11-9-16/h3,5,12H,1,4,6-11H2. The predicted molar refractivity (Wildman–Crippen MR) is 72.1 cm³/mol. The van der Waals surface area contributed by atoms with Gasteiger partial charge in [-0.1, -0.05) is 0 Å². The van der Waals surface area contributed by atoms with Crippen molar-refractivity contribution in [1.82, 2.24) is 19.4 Å². The largest absolute Gasteiger partial charge is 0.379 e. The summed E-state index contributed by atoms with van der Waals surface area (Å²) >= 11 is 0. The number of carbonyl (C=O) groups excluding carboxylic acids is 1. The van der Waals surface area contributed by atoms with E-state index in [1.807, 2.05) is 0 Å². The lowest BCUT2D eigenvalue weighted by molar-refractivity contribution is 0.0350. The number of ether oxygens (including phenoxy) is 1. The number of rotatable bonds is 5. The molecule has 2 heterocycles. The van der Waals surface area contributed by atoms with Gasteiger partial charge in [-0.15, -0.1) is 0 Å². The van der Waals surface area contributed by atoms with Crippen molar-refractivity contribution in [3.63, 3.8) is 0 Å². The van der Waals surface area contributed by atoms with Gasteiger partial charge in [-0.2, -0.15) is 5.26 Å². The summed E-state index contributed by atoms with van der Waals surface area (Å²) in [7, 11) is 0. The van der Waals surface area contributed by atoms with Gasteiger partial charge in [0.1, 0.15) is 6.33 Å². The molecular formula is C13H19N5O2. The summed E-state index contributed by atoms with van der Waals surface area (Å²) in [6.07, 6.45) is 5.01. The zero-order valence-corrected chi connectivity index (χ0v) is 11.4. The van der Waals surface area contributed by atoms with Crippen LogP contribution in [0, 0.1) is 11.3 Å². The van der Waals surface area contributed by atoms with Crippen molar-refractivity contribution >= 4 is 6.03 Å². The van der Waals surface area contributed by atoms with Gasteiger partial charge in [0.2, 0.25) is 0 Å². The summed E-state index contributed by atoms with van der Waals surface area (Å²) < 4.78 is 6.74. The van der Waals surface area contributed by atoms with Gasteiger partial charge < -0.3 is 9.64 Å². The maximum Gasteiger partial charge on any atom is 0.329 e. The van der Waals surface area contributed by atoms with E-state index in [1.54, 1.807) is 17.3 Å². The summed E-state index contributed by atoms with van der Waals surface area (Å²) in [4.78, 5) is 20.1. The van der Waals surface area contributed by atoms with Crippen LogP contribution in [0.25, 0.3) is 0 Å². The molecule has 1 aliphatic rings. The number of nitrogens with zero attached hydrogens (tertiary/aromatic N) is 5. The SMILES string of the molecule is N#CCCN(CCN1CCOCC1)C(=O)n1ccnc1. The number of hydrogen-bond acceptors (Lipinski definition) is 5. The molecule has 0 aliphatic carbocycles. The highest BCUT2D eigenvalue weighted by atomic mass is 16.5. The zero-order valence-electron chi connectivity index (χ0n) is 11.4. The molecule has 0 aromatic carbocycles. The highest BCUT2D eigenvalue weighted by Gasteiger charge is 2.17. The van der Waals surface area contributed by atoms with E-state index in [9.17, 15) is 4.79 Å². The van der Waals surface area contributed by atoms with Gasteiger partial charge >= 0.3 is 6.03 Å². The normalized spacial score (nSPS) is 15.8. The predicted octanol–water partition coefficient (Wildman–Crippen LogP) is 0.399. The molecule has 1 saturated heterocycles. The Morgan fingerprint density at radius 3 is 2.85 bits per heavy atom. The molecule has 0 bridgehead atoms. The number of amides is 1. The highest BCUT2D eigenvalue weighted by molar-refractivity contribution is 5.76. The first-order valence-corrected chi connectivity index (χ1v) is 6.75. The Bertz CT molecular complexity index is 448. The minimum absolute atomic E-state index is 0.133. The molecule has 2 rings (SSSR count). The molecule has 0 saturated carbocycles. The third-order valence-corrected chi connectivity index (χ3v) is 3.28. The van der Waals surface area contributed by atoms with Crippen LogP contribution in [0.2, 0.25) is 0 Å². The molecule has 0 N–H and O–H groups in total. The number of carbonyl (C=O) groups is 1. The summed E-state index contributed by atoms with van der Waals surface area (Å²) in [6, 6.07) is 1.95. The molecule has 0 spiro atoms. The van der Waals surface area contributed by atoms with Crippen LogP contribution in [-0.2, 0) is 4.74 Å². The van der Waals surface area contributed by atoms with Crippen molar-refractivity contribution in [1.29, 1.82) is 5.26 Å². The van der Waals surface area contributed by atoms with Crippen molar-refractivity contribution in [2.45, 2.75) is 6.42 Å². The lowest BCUT2D eigenvalue weighted by Gasteiger charge is -2.29. The molecule has 108 valence electrons. The fourth-order valence-corrected chi connectivity index (χ4v) is 2.11. The quantitative estimate of drug-likeness (QED) is 0.778. The molecule has 0 unspecified atom stereocenters. The smallest absolute Gasteiger partial charge is 0.329 e. The maximum atomic E-state index is 12.3. The van der Waals surface area contributed by atoms with Crippen LogP contribution in [0.3, 0.4) is 0 Å². The van der Waals surface area contributed by atoms with Crippen molar-refractivity contribution in [3.8, 4) is 6.07 Å². The molecule has 0 atom stereocenters. The van der Waals surface area contributed by atoms with E-state index in [-0.39, 0.29) is 6.03 Å². The van der Waals surface area contributed by atoms with Crippen LogP contribution >= 0.6 is 0 Å². The summed E-state index contributed by atoms with van der Waals surface area (Å²) in [5, 5.41) is 8.71. The average Bonchev–Trinajstić information content (AvgIpc) is 3.02. The Balaban J connectivity index is 1.89. The van der Waals surface area contributed by atoms with Crippen molar-refractivity contribution in [2.24, 2.45) is 0 Å². The topological polar surface area (TPSA) is 74.4 Å². The molecule has 7 nitrogen and oxygen atoms in total. The summed E-state index contributed by atoms with van der Waals surface area (Å²) in [5.74, 6) is 0. The zero-order chi connectivity index (χ0) is 14.2. The molecule has 1 fully saturated rings. The Morgan fingerprint density at radius 1 is 1.40 bits per heavy atom. The Hall–Kier alpha value is -1.91. The third kappa shape index (κ3) is 4.05. The second-order valence-corrected chi connectivity index (χ2v) is 4.60. The van der Waals surface area contributed by atoms with Crippen LogP contribution in [0.4, 0.5) is 4.79 Å². The second kappa shape index (κ2) is 7.62. The van der Waals surface area contributed by atoms with Gasteiger partial charge in [0.05, 0.1) is 25.7 Å². The fourth-order valence-electron chi connectivity index (χ4n) is 2.11. The van der Waals surface area contributed by atoms with E-state index < -0.39 is 0 Å². The molecule has 7 heteroatoms. The van der Waals surface area contributed by atoms with Gasteiger partial charge in [0.15, 0.2) is 0 Å². The monoisotopic (exact) mass is 277 g/mol. The van der Waals surface area contributed by atoms with Crippen molar-refractivity contribution in [3.05, 3.63) is 18.7 Å². The van der Waals surface area contributed by atoms with E-state index in [1.165, 1.54) is 10.9 Å². The maximum absolute atomic E-state index is 12.3. The van der Waals surface area contributed by atoms with Crippen LogP contribution in [-0.4, -0.2) is 71.3 Å². The molecule has 0 radical (unpaired) electrons. The highest BCUT2D eigenvalue weighted by Crippen LogP contribution is 2.02. The van der Waals surface area contributed by atoms with E-state index in [0.29, 0.717) is 19.5 Å². The van der Waals surface area contributed by atoms with Gasteiger partial charge in [-0.3, -0.25) is 9.47 Å². The van der Waals surface area contributed by atoms with E-state index in [0.717, 1.165) is 32.8 Å². The van der Waals surface area contributed by atoms with Crippen LogP contribution in [0.5, 0.6) is 0 Å². The van der Waals surface area contributed by atoms with E-state index >= 15 is 0 Å². The van der Waals surface area contributed by atoms with Crippen LogP contribution < -0.4 is 0 Å². The van der Waals surface area contributed by atoms with E-state index in [4.69, 9.17) is 10.00 Å². The van der Waals surface area contributed by atoms with Crippen LogP contribution in [0.15, 0.2) is 18.7 Å². The first-order chi connectivity index (χ1) is 9.81. The Kier molecular flexibility index (Phi) is 5.53. The fraction of sp³-hybridized carbons (Fsp3) is 0.615. The molecule has 1 aliphatic heterocycles. The lowest BCUT2D eigenvalue weighted by Crippen LogP contribution is -2.44. The Morgan fingerprint density at radius 2 is 2.20 bits per heavy atom. The molecule has 20 heavy (non-hydrogen) atoms. The molecule has 1 aromatic rings. The lowest BCUT2D eigenvalue weighted by atomic mass is 10.3. The summed E-state index contributed by atoms with van der Waals surface area (Å²) in [5.41, 5.74) is 0. The minimum Gasteiger partial charge on any atom is -0.379 e. The number of nitriles is 1. The van der Waals surface area contributed by atoms with Crippen molar-refractivity contribution < 1.29 is 9.53 Å². The third-order valence-electron chi connectivity index (χ3n) is 3.28. The summed E-state index contributed by atoms with van der Waals surface area (Å²) in [6.45, 7) is 5.13. The molecule has 1 aromatic heterocycles. The van der Waals surface area contributed by atoms with Gasteiger partial charge in [-0.05, 0) is 0 Å². The van der Waals surface area contributed by atoms with Crippen molar-refractivity contribution in [2.75, 3.05) is 45.9 Å². The number of aromatic nitrogens is 2. The number of hydrogen-bond donors (Lipinski definition) is 0. The van der Waals surface area contributed by atoms with Gasteiger partial charge in [-0.25, -0.2) is 9.78 Å². The van der Waals surface area contributed by atoms with E-state index in [2.05, 4.69) is 16.0 Å². The molecule has 1 amide bonds. The first-order valence-electron chi connectivity index (χ1n) is 6.75. The number of imidazole rings is 1. The van der Waals surface area contributed by atoms with Gasteiger partial charge in [0, 0.05) is 45.1 Å². The second-order valence-electron chi connectivity index (χ2n) is 4.60. The average molecular weight is 277 g/mol.